The van der Waals surface area contributed by atoms with Crippen LogP contribution in [0.15, 0.2) is 18.4 Å². The molecule has 0 amide bonds. The normalized spacial score (nSPS) is 11.8. The molecule has 0 aliphatic heterocycles. The fourth-order valence-corrected chi connectivity index (χ4v) is 1.39. The lowest BCUT2D eigenvalue weighted by atomic mass is 9.98. The molecule has 0 N–H and O–H groups in total. The van der Waals surface area contributed by atoms with Gasteiger partial charge in [-0.05, 0) is 18.4 Å². The van der Waals surface area contributed by atoms with Gasteiger partial charge in [0.1, 0.15) is 6.29 Å². The second-order valence-corrected chi connectivity index (χ2v) is 3.38. The van der Waals surface area contributed by atoms with Crippen molar-refractivity contribution in [2.75, 3.05) is 0 Å². The van der Waals surface area contributed by atoms with Gasteiger partial charge in [-0.3, -0.25) is 0 Å². The standard InChI is InChI=1S/C12H20O/c1-3-5-6-7-9-12(8-4-2)10-11-13/h8,11-12H,2-3,5-7,9-10H2,1H3. The quantitative estimate of drug-likeness (QED) is 0.317. The van der Waals surface area contributed by atoms with Crippen LogP contribution in [0.4, 0.5) is 0 Å². The Hall–Kier alpha value is -0.810. The van der Waals surface area contributed by atoms with Gasteiger partial charge in [0, 0.05) is 6.42 Å². The summed E-state index contributed by atoms with van der Waals surface area (Å²) in [7, 11) is 0. The lowest BCUT2D eigenvalue weighted by Gasteiger charge is -2.06. The zero-order valence-electron chi connectivity index (χ0n) is 8.59. The first kappa shape index (κ1) is 12.2. The molecule has 0 aromatic rings. The minimum atomic E-state index is 0.367. The Labute approximate surface area is 81.5 Å². The summed E-state index contributed by atoms with van der Waals surface area (Å²) in [6.07, 6.45) is 9.66. The summed E-state index contributed by atoms with van der Waals surface area (Å²) in [5.41, 5.74) is 2.76. The largest absolute Gasteiger partial charge is 0.303 e. The minimum absolute atomic E-state index is 0.367. The van der Waals surface area contributed by atoms with Gasteiger partial charge >= 0.3 is 0 Å². The molecule has 1 atom stereocenters. The van der Waals surface area contributed by atoms with Crippen LogP contribution >= 0.6 is 0 Å². The van der Waals surface area contributed by atoms with Crippen molar-refractivity contribution in [2.24, 2.45) is 5.92 Å². The van der Waals surface area contributed by atoms with Crippen molar-refractivity contribution in [3.05, 3.63) is 18.4 Å². The van der Waals surface area contributed by atoms with E-state index >= 15 is 0 Å². The number of rotatable bonds is 8. The Kier molecular flexibility index (Phi) is 8.70. The maximum Gasteiger partial charge on any atom is 0.120 e. The third kappa shape index (κ3) is 7.55. The third-order valence-electron chi connectivity index (χ3n) is 2.18. The van der Waals surface area contributed by atoms with E-state index in [2.05, 4.69) is 19.2 Å². The van der Waals surface area contributed by atoms with Gasteiger partial charge in [-0.15, -0.1) is 5.73 Å². The highest BCUT2D eigenvalue weighted by Crippen LogP contribution is 2.14. The van der Waals surface area contributed by atoms with Crippen LogP contribution < -0.4 is 0 Å². The maximum absolute atomic E-state index is 10.3. The Bertz CT molecular complexity index is 166. The number of carbonyl (C=O) groups is 1. The van der Waals surface area contributed by atoms with E-state index in [0.717, 1.165) is 12.7 Å². The molecule has 1 unspecified atom stereocenters. The minimum Gasteiger partial charge on any atom is -0.303 e. The predicted molar refractivity (Wildman–Crippen MR) is 56.6 cm³/mol. The summed E-state index contributed by atoms with van der Waals surface area (Å²) in [6.45, 7) is 5.73. The van der Waals surface area contributed by atoms with E-state index < -0.39 is 0 Å². The summed E-state index contributed by atoms with van der Waals surface area (Å²) in [5, 5.41) is 0. The molecule has 1 heteroatoms. The van der Waals surface area contributed by atoms with Gasteiger partial charge in [0.2, 0.25) is 0 Å². The molecule has 0 saturated carbocycles. The van der Waals surface area contributed by atoms with Crippen molar-refractivity contribution in [3.63, 3.8) is 0 Å². The van der Waals surface area contributed by atoms with E-state index in [9.17, 15) is 4.79 Å². The highest BCUT2D eigenvalue weighted by Gasteiger charge is 2.02. The number of hydrogen-bond acceptors (Lipinski definition) is 1. The zero-order chi connectivity index (χ0) is 9.94. The van der Waals surface area contributed by atoms with Gasteiger partial charge in [0.05, 0.1) is 0 Å². The molecule has 0 spiro atoms. The van der Waals surface area contributed by atoms with Crippen LogP contribution in [0.25, 0.3) is 0 Å². The van der Waals surface area contributed by atoms with Crippen LogP contribution in [0.5, 0.6) is 0 Å². The van der Waals surface area contributed by atoms with Gasteiger partial charge in [-0.25, -0.2) is 0 Å². The molecular weight excluding hydrogens is 160 g/mol. The Balaban J connectivity index is 3.56. The molecule has 0 aromatic carbocycles. The molecule has 0 saturated heterocycles. The molecule has 0 heterocycles. The van der Waals surface area contributed by atoms with Crippen LogP contribution in [0.1, 0.15) is 45.4 Å². The van der Waals surface area contributed by atoms with Crippen molar-refractivity contribution in [1.29, 1.82) is 0 Å². The van der Waals surface area contributed by atoms with Crippen LogP contribution in [-0.2, 0) is 4.79 Å². The van der Waals surface area contributed by atoms with Crippen LogP contribution in [0.3, 0.4) is 0 Å². The number of hydrogen-bond donors (Lipinski definition) is 0. The Morgan fingerprint density at radius 1 is 1.38 bits per heavy atom. The summed E-state index contributed by atoms with van der Waals surface area (Å²) in [4.78, 5) is 10.3. The molecule has 74 valence electrons. The lowest BCUT2D eigenvalue weighted by Crippen LogP contribution is -1.96. The maximum atomic E-state index is 10.3. The second kappa shape index (κ2) is 9.28. The number of carbonyl (C=O) groups excluding carboxylic acids is 1. The molecule has 0 aromatic heterocycles. The fraction of sp³-hybridized carbons (Fsp3) is 0.667. The zero-order valence-corrected chi connectivity index (χ0v) is 8.59. The highest BCUT2D eigenvalue weighted by atomic mass is 16.1. The van der Waals surface area contributed by atoms with E-state index in [1.807, 2.05) is 6.08 Å². The van der Waals surface area contributed by atoms with Gasteiger partial charge in [0.15, 0.2) is 0 Å². The SMILES string of the molecule is C=C=CC(CC=O)CCCCCC. The Morgan fingerprint density at radius 3 is 2.69 bits per heavy atom. The van der Waals surface area contributed by atoms with Crippen molar-refractivity contribution in [1.82, 2.24) is 0 Å². The van der Waals surface area contributed by atoms with Crippen molar-refractivity contribution in [3.8, 4) is 0 Å². The van der Waals surface area contributed by atoms with E-state index in [1.165, 1.54) is 25.7 Å². The van der Waals surface area contributed by atoms with Crippen LogP contribution in [0, 0.1) is 5.92 Å². The van der Waals surface area contributed by atoms with Gasteiger partial charge < -0.3 is 4.79 Å². The van der Waals surface area contributed by atoms with E-state index in [4.69, 9.17) is 0 Å². The van der Waals surface area contributed by atoms with Crippen molar-refractivity contribution < 1.29 is 4.79 Å². The molecule has 13 heavy (non-hydrogen) atoms. The summed E-state index contributed by atoms with van der Waals surface area (Å²) < 4.78 is 0. The second-order valence-electron chi connectivity index (χ2n) is 3.38. The molecule has 0 aliphatic rings. The smallest absolute Gasteiger partial charge is 0.120 e. The summed E-state index contributed by atoms with van der Waals surface area (Å²) >= 11 is 0. The number of allylic oxidation sites excluding steroid dienone is 1. The topological polar surface area (TPSA) is 17.1 Å². The molecule has 0 rings (SSSR count). The average molecular weight is 180 g/mol. The molecule has 0 bridgehead atoms. The Morgan fingerprint density at radius 2 is 2.15 bits per heavy atom. The van der Waals surface area contributed by atoms with E-state index in [1.54, 1.807) is 0 Å². The third-order valence-corrected chi connectivity index (χ3v) is 2.18. The highest BCUT2D eigenvalue weighted by molar-refractivity contribution is 5.50. The molecular formula is C12H20O. The number of unbranched alkanes of at least 4 members (excludes halogenated alkanes) is 3. The monoisotopic (exact) mass is 180 g/mol. The first-order valence-electron chi connectivity index (χ1n) is 5.14. The first-order chi connectivity index (χ1) is 6.35. The van der Waals surface area contributed by atoms with Gasteiger partial charge in [0.25, 0.3) is 0 Å². The predicted octanol–water partition coefficient (Wildman–Crippen LogP) is 3.50. The molecule has 1 nitrogen and oxygen atoms in total. The first-order valence-corrected chi connectivity index (χ1v) is 5.14. The average Bonchev–Trinajstić information content (AvgIpc) is 2.13. The fourth-order valence-electron chi connectivity index (χ4n) is 1.39. The van der Waals surface area contributed by atoms with Crippen LogP contribution in [-0.4, -0.2) is 6.29 Å². The molecule has 0 fully saturated rings. The molecule has 0 radical (unpaired) electrons. The van der Waals surface area contributed by atoms with Crippen molar-refractivity contribution in [2.45, 2.75) is 45.4 Å². The lowest BCUT2D eigenvalue weighted by molar-refractivity contribution is -0.108. The summed E-state index contributed by atoms with van der Waals surface area (Å²) in [5.74, 6) is 0.367. The van der Waals surface area contributed by atoms with Gasteiger partial charge in [-0.1, -0.05) is 39.2 Å². The number of aldehydes is 1. The van der Waals surface area contributed by atoms with E-state index in [-0.39, 0.29) is 0 Å². The van der Waals surface area contributed by atoms with E-state index in [0.29, 0.717) is 12.3 Å². The van der Waals surface area contributed by atoms with Crippen LogP contribution in [0.2, 0.25) is 0 Å². The molecule has 0 aliphatic carbocycles. The summed E-state index contributed by atoms with van der Waals surface area (Å²) in [6, 6.07) is 0. The van der Waals surface area contributed by atoms with Crippen molar-refractivity contribution >= 4 is 6.29 Å². The van der Waals surface area contributed by atoms with Gasteiger partial charge in [-0.2, -0.15) is 0 Å².